The van der Waals surface area contributed by atoms with Crippen LogP contribution in [0.4, 0.5) is 0 Å². The molecule has 1 N–H and O–H groups in total. The van der Waals surface area contributed by atoms with E-state index >= 15 is 0 Å². The van der Waals surface area contributed by atoms with E-state index in [4.69, 9.17) is 5.10 Å². The van der Waals surface area contributed by atoms with E-state index in [1.54, 1.807) is 4.68 Å². The number of hydrogen-bond acceptors (Lipinski definition) is 2. The Morgan fingerprint density at radius 1 is 0.957 bits per heavy atom. The highest BCUT2D eigenvalue weighted by atomic mass is 16.3. The van der Waals surface area contributed by atoms with Gasteiger partial charge in [0.1, 0.15) is 5.69 Å². The maximum atomic E-state index is 10.9. The standard InChI is InChI=1S/C20H22N2O/c1-14-9-8-12-16(13-14)22-19(23)17(20(2,3)4)18(21-22)15-10-6-5-7-11-15/h5-13,23H,1-4H3. The summed E-state index contributed by atoms with van der Waals surface area (Å²) in [5.74, 6) is 0.210. The molecule has 0 fully saturated rings. The van der Waals surface area contributed by atoms with Crippen molar-refractivity contribution < 1.29 is 5.11 Å². The summed E-state index contributed by atoms with van der Waals surface area (Å²) in [6, 6.07) is 18.0. The lowest BCUT2D eigenvalue weighted by molar-refractivity contribution is 0.414. The molecule has 0 atom stereocenters. The third-order valence-corrected chi connectivity index (χ3v) is 3.90. The molecule has 0 aliphatic rings. The molecule has 0 bridgehead atoms. The highest BCUT2D eigenvalue weighted by Crippen LogP contribution is 2.39. The van der Waals surface area contributed by atoms with Crippen LogP contribution < -0.4 is 0 Å². The lowest BCUT2D eigenvalue weighted by atomic mass is 9.85. The molecular formula is C20H22N2O. The summed E-state index contributed by atoms with van der Waals surface area (Å²) in [4.78, 5) is 0. The van der Waals surface area contributed by atoms with Crippen LogP contribution in [-0.2, 0) is 5.41 Å². The largest absolute Gasteiger partial charge is 0.493 e. The van der Waals surface area contributed by atoms with Crippen LogP contribution in [0.25, 0.3) is 16.9 Å². The van der Waals surface area contributed by atoms with E-state index in [-0.39, 0.29) is 11.3 Å². The Kier molecular flexibility index (Phi) is 3.72. The first-order valence-corrected chi connectivity index (χ1v) is 7.83. The number of rotatable bonds is 2. The minimum atomic E-state index is -0.211. The van der Waals surface area contributed by atoms with Crippen LogP contribution in [-0.4, -0.2) is 14.9 Å². The van der Waals surface area contributed by atoms with Crippen LogP contribution in [0.2, 0.25) is 0 Å². The number of hydrogen-bond donors (Lipinski definition) is 1. The summed E-state index contributed by atoms with van der Waals surface area (Å²) in [5, 5.41) is 15.6. The molecule has 23 heavy (non-hydrogen) atoms. The fourth-order valence-electron chi connectivity index (χ4n) is 2.84. The van der Waals surface area contributed by atoms with Gasteiger partial charge in [-0.15, -0.1) is 0 Å². The van der Waals surface area contributed by atoms with Gasteiger partial charge in [0.2, 0.25) is 5.88 Å². The lowest BCUT2D eigenvalue weighted by Gasteiger charge is -2.19. The zero-order valence-electron chi connectivity index (χ0n) is 14.0. The molecule has 0 amide bonds. The third kappa shape index (κ3) is 2.87. The van der Waals surface area contributed by atoms with Gasteiger partial charge in [0.05, 0.1) is 5.69 Å². The second kappa shape index (κ2) is 5.58. The van der Waals surface area contributed by atoms with Crippen LogP contribution >= 0.6 is 0 Å². The molecule has 0 unspecified atom stereocenters. The molecular weight excluding hydrogens is 284 g/mol. The monoisotopic (exact) mass is 306 g/mol. The molecule has 0 saturated carbocycles. The van der Waals surface area contributed by atoms with Crippen molar-refractivity contribution in [3.63, 3.8) is 0 Å². The van der Waals surface area contributed by atoms with E-state index in [1.807, 2.05) is 61.5 Å². The summed E-state index contributed by atoms with van der Waals surface area (Å²) in [5.41, 5.74) is 4.50. The minimum absolute atomic E-state index is 0.210. The van der Waals surface area contributed by atoms with E-state index < -0.39 is 0 Å². The average molecular weight is 306 g/mol. The number of aromatic hydroxyl groups is 1. The van der Waals surface area contributed by atoms with E-state index in [0.29, 0.717) is 0 Å². The Bertz CT molecular complexity index is 827. The number of nitrogens with zero attached hydrogens (tertiary/aromatic N) is 2. The van der Waals surface area contributed by atoms with Crippen molar-refractivity contribution in [3.05, 3.63) is 65.7 Å². The molecule has 1 aromatic heterocycles. The molecule has 2 aromatic carbocycles. The maximum absolute atomic E-state index is 10.9. The molecule has 1 heterocycles. The van der Waals surface area contributed by atoms with Crippen molar-refractivity contribution in [3.8, 4) is 22.8 Å². The topological polar surface area (TPSA) is 38.0 Å². The van der Waals surface area contributed by atoms with Crippen LogP contribution in [0, 0.1) is 6.92 Å². The normalized spacial score (nSPS) is 11.7. The Morgan fingerprint density at radius 3 is 2.26 bits per heavy atom. The van der Waals surface area contributed by atoms with Gasteiger partial charge in [-0.05, 0) is 30.0 Å². The molecule has 3 nitrogen and oxygen atoms in total. The third-order valence-electron chi connectivity index (χ3n) is 3.90. The quantitative estimate of drug-likeness (QED) is 0.735. The zero-order chi connectivity index (χ0) is 16.6. The van der Waals surface area contributed by atoms with E-state index in [9.17, 15) is 5.11 Å². The number of benzene rings is 2. The van der Waals surface area contributed by atoms with Crippen LogP contribution in [0.1, 0.15) is 31.9 Å². The Balaban J connectivity index is 2.27. The van der Waals surface area contributed by atoms with Crippen LogP contribution in [0.3, 0.4) is 0 Å². The first-order valence-electron chi connectivity index (χ1n) is 7.83. The van der Waals surface area contributed by atoms with Crippen molar-refractivity contribution in [2.75, 3.05) is 0 Å². The smallest absolute Gasteiger partial charge is 0.218 e. The molecule has 3 heteroatoms. The Labute approximate surface area is 137 Å². The van der Waals surface area contributed by atoms with Gasteiger partial charge < -0.3 is 5.11 Å². The van der Waals surface area contributed by atoms with E-state index in [2.05, 4.69) is 20.8 Å². The SMILES string of the molecule is Cc1cccc(-n2nc(-c3ccccc3)c(C(C)(C)C)c2O)c1. The highest BCUT2D eigenvalue weighted by Gasteiger charge is 2.28. The molecule has 3 aromatic rings. The molecule has 0 aliphatic carbocycles. The second-order valence-corrected chi connectivity index (χ2v) is 6.91. The first-order chi connectivity index (χ1) is 10.9. The maximum Gasteiger partial charge on any atom is 0.218 e. The van der Waals surface area contributed by atoms with Crippen LogP contribution in [0.5, 0.6) is 5.88 Å². The van der Waals surface area contributed by atoms with E-state index in [1.165, 1.54) is 0 Å². The fourth-order valence-corrected chi connectivity index (χ4v) is 2.84. The molecule has 0 saturated heterocycles. The van der Waals surface area contributed by atoms with Gasteiger partial charge in [-0.3, -0.25) is 0 Å². The summed E-state index contributed by atoms with van der Waals surface area (Å²) in [6.45, 7) is 8.32. The predicted molar refractivity (Wildman–Crippen MR) is 94.1 cm³/mol. The van der Waals surface area contributed by atoms with Gasteiger partial charge in [-0.2, -0.15) is 5.10 Å². The van der Waals surface area contributed by atoms with Crippen molar-refractivity contribution in [2.45, 2.75) is 33.1 Å². The van der Waals surface area contributed by atoms with Gasteiger partial charge in [0.25, 0.3) is 0 Å². The number of aromatic nitrogens is 2. The Hall–Kier alpha value is -2.55. The highest BCUT2D eigenvalue weighted by molar-refractivity contribution is 5.68. The van der Waals surface area contributed by atoms with Gasteiger partial charge in [-0.25, -0.2) is 4.68 Å². The van der Waals surface area contributed by atoms with Gasteiger partial charge >= 0.3 is 0 Å². The molecule has 0 aliphatic heterocycles. The van der Waals surface area contributed by atoms with Crippen molar-refractivity contribution in [2.24, 2.45) is 0 Å². The fraction of sp³-hybridized carbons (Fsp3) is 0.250. The van der Waals surface area contributed by atoms with Crippen molar-refractivity contribution in [1.29, 1.82) is 0 Å². The summed E-state index contributed by atoms with van der Waals surface area (Å²) in [6.07, 6.45) is 0. The van der Waals surface area contributed by atoms with Crippen molar-refractivity contribution in [1.82, 2.24) is 9.78 Å². The van der Waals surface area contributed by atoms with Gasteiger partial charge in [-0.1, -0.05) is 63.2 Å². The Morgan fingerprint density at radius 2 is 1.65 bits per heavy atom. The first kappa shape index (κ1) is 15.3. The second-order valence-electron chi connectivity index (χ2n) is 6.91. The zero-order valence-corrected chi connectivity index (χ0v) is 14.0. The van der Waals surface area contributed by atoms with E-state index in [0.717, 1.165) is 28.1 Å². The average Bonchev–Trinajstić information content (AvgIpc) is 2.86. The number of aryl methyl sites for hydroxylation is 1. The summed E-state index contributed by atoms with van der Waals surface area (Å²) in [7, 11) is 0. The van der Waals surface area contributed by atoms with Gasteiger partial charge in [0.15, 0.2) is 0 Å². The summed E-state index contributed by atoms with van der Waals surface area (Å²) >= 11 is 0. The van der Waals surface area contributed by atoms with Gasteiger partial charge in [0, 0.05) is 11.1 Å². The molecule has 0 radical (unpaired) electrons. The summed E-state index contributed by atoms with van der Waals surface area (Å²) < 4.78 is 1.63. The molecule has 118 valence electrons. The predicted octanol–water partition coefficient (Wildman–Crippen LogP) is 4.85. The van der Waals surface area contributed by atoms with Crippen LogP contribution in [0.15, 0.2) is 54.6 Å². The van der Waals surface area contributed by atoms with Crippen molar-refractivity contribution >= 4 is 0 Å². The minimum Gasteiger partial charge on any atom is -0.493 e. The molecule has 0 spiro atoms. The lowest BCUT2D eigenvalue weighted by Crippen LogP contribution is -2.12. The molecule has 3 rings (SSSR count).